The molecule has 5 fully saturated rings. The highest BCUT2D eigenvalue weighted by Gasteiger charge is 2.65. The minimum atomic E-state index is -0.273. The van der Waals surface area contributed by atoms with E-state index in [1.165, 1.54) is 38.5 Å². The molecule has 5 aliphatic carbocycles. The zero-order valence-corrected chi connectivity index (χ0v) is 18.9. The molecule has 9 atom stereocenters. The third kappa shape index (κ3) is 2.68. The van der Waals surface area contributed by atoms with Gasteiger partial charge in [0.2, 0.25) is 0 Å². The number of ketones is 1. The van der Waals surface area contributed by atoms with Gasteiger partial charge in [0.05, 0.1) is 17.7 Å². The maximum absolute atomic E-state index is 13.4. The Morgan fingerprint density at radius 1 is 1.00 bits per heavy atom. The van der Waals surface area contributed by atoms with Gasteiger partial charge in [-0.3, -0.25) is 4.79 Å². The molecule has 2 N–H and O–H groups in total. The van der Waals surface area contributed by atoms with E-state index in [1.807, 2.05) is 13.8 Å². The molecule has 0 aromatic carbocycles. The third-order valence-electron chi connectivity index (χ3n) is 10.9. The van der Waals surface area contributed by atoms with E-state index in [0.29, 0.717) is 18.1 Å². The van der Waals surface area contributed by atoms with E-state index >= 15 is 0 Å². The Labute approximate surface area is 180 Å². The van der Waals surface area contributed by atoms with Crippen LogP contribution in [0.25, 0.3) is 0 Å². The maximum Gasteiger partial charge on any atom is 0.144 e. The van der Waals surface area contributed by atoms with Crippen molar-refractivity contribution in [3.05, 3.63) is 17.2 Å². The lowest BCUT2D eigenvalue weighted by molar-refractivity contribution is -0.130. The number of aliphatic hydroxyl groups is 1. The molecule has 5 saturated carbocycles. The molecule has 6 rings (SSSR count). The van der Waals surface area contributed by atoms with Crippen molar-refractivity contribution in [1.29, 1.82) is 0 Å². The van der Waals surface area contributed by atoms with Crippen LogP contribution in [0, 0.1) is 60.7 Å². The van der Waals surface area contributed by atoms with E-state index in [1.54, 1.807) is 0 Å². The number of nitrogens with zero attached hydrogens (tertiary/aromatic N) is 1. The number of aromatic amines is 1. The summed E-state index contributed by atoms with van der Waals surface area (Å²) < 4.78 is 0. The fourth-order valence-electron chi connectivity index (χ4n) is 9.21. The molecular formula is C26H38N2O2. The molecule has 164 valence electrons. The van der Waals surface area contributed by atoms with Crippen molar-refractivity contribution < 1.29 is 9.90 Å². The molecule has 1 unspecified atom stereocenters. The number of aryl methyl sites for hydroxylation is 2. The van der Waals surface area contributed by atoms with Crippen LogP contribution in [0.1, 0.15) is 81.9 Å². The van der Waals surface area contributed by atoms with Crippen molar-refractivity contribution in [1.82, 2.24) is 9.97 Å². The van der Waals surface area contributed by atoms with Gasteiger partial charge in [0.1, 0.15) is 11.6 Å². The Hall–Kier alpha value is -1.16. The van der Waals surface area contributed by atoms with Gasteiger partial charge < -0.3 is 10.1 Å². The minimum Gasteiger partial charge on any atom is -0.390 e. The first-order chi connectivity index (χ1) is 14.3. The normalized spacial score (nSPS) is 49.0. The van der Waals surface area contributed by atoms with Crippen LogP contribution in [-0.4, -0.2) is 26.5 Å². The van der Waals surface area contributed by atoms with Crippen LogP contribution in [0.2, 0.25) is 0 Å². The molecule has 0 saturated heterocycles. The van der Waals surface area contributed by atoms with Crippen LogP contribution in [0.5, 0.6) is 0 Å². The first-order valence-corrected chi connectivity index (χ1v) is 12.6. The molecule has 0 radical (unpaired) electrons. The average Bonchev–Trinajstić information content (AvgIpc) is 3.13. The lowest BCUT2D eigenvalue weighted by Gasteiger charge is -2.56. The van der Waals surface area contributed by atoms with Crippen molar-refractivity contribution in [2.75, 3.05) is 0 Å². The molecule has 1 heterocycles. The quantitative estimate of drug-likeness (QED) is 0.754. The molecule has 0 bridgehead atoms. The van der Waals surface area contributed by atoms with Gasteiger partial charge in [-0.05, 0) is 113 Å². The van der Waals surface area contributed by atoms with E-state index in [4.69, 9.17) is 0 Å². The summed E-state index contributed by atoms with van der Waals surface area (Å²) in [6.45, 7) is 6.50. The van der Waals surface area contributed by atoms with Crippen LogP contribution >= 0.6 is 0 Å². The van der Waals surface area contributed by atoms with Gasteiger partial charge in [-0.1, -0.05) is 6.92 Å². The number of imidazole rings is 1. The molecule has 4 heteroatoms. The smallest absolute Gasteiger partial charge is 0.144 e. The minimum absolute atomic E-state index is 0.191. The highest BCUT2D eigenvalue weighted by Crippen LogP contribution is 2.68. The predicted molar refractivity (Wildman–Crippen MR) is 116 cm³/mol. The van der Waals surface area contributed by atoms with E-state index in [-0.39, 0.29) is 16.9 Å². The van der Waals surface area contributed by atoms with Crippen LogP contribution in [-0.2, 0) is 11.2 Å². The second-order valence-corrected chi connectivity index (χ2v) is 12.0. The third-order valence-corrected chi connectivity index (χ3v) is 10.9. The first kappa shape index (κ1) is 19.5. The van der Waals surface area contributed by atoms with Crippen LogP contribution in [0.3, 0.4) is 0 Å². The number of H-pyrrole nitrogens is 1. The van der Waals surface area contributed by atoms with Gasteiger partial charge in [-0.15, -0.1) is 0 Å². The van der Waals surface area contributed by atoms with Crippen LogP contribution in [0.15, 0.2) is 0 Å². The van der Waals surface area contributed by atoms with Crippen molar-refractivity contribution in [3.8, 4) is 0 Å². The van der Waals surface area contributed by atoms with Crippen molar-refractivity contribution >= 4 is 5.78 Å². The van der Waals surface area contributed by atoms with E-state index in [2.05, 4.69) is 16.9 Å². The second-order valence-electron chi connectivity index (χ2n) is 12.0. The van der Waals surface area contributed by atoms with Gasteiger partial charge in [0.25, 0.3) is 0 Å². The molecule has 0 aliphatic heterocycles. The monoisotopic (exact) mass is 410 g/mol. The summed E-state index contributed by atoms with van der Waals surface area (Å²) in [5.74, 6) is 6.15. The fourth-order valence-corrected chi connectivity index (χ4v) is 9.21. The van der Waals surface area contributed by atoms with Gasteiger partial charge in [-0.2, -0.15) is 0 Å². The highest BCUT2D eigenvalue weighted by atomic mass is 16.3. The molecular weight excluding hydrogens is 372 g/mol. The van der Waals surface area contributed by atoms with Gasteiger partial charge in [0.15, 0.2) is 0 Å². The molecule has 1 aromatic heterocycles. The Morgan fingerprint density at radius 2 is 1.70 bits per heavy atom. The number of nitrogens with one attached hydrogen (secondary N) is 1. The zero-order valence-electron chi connectivity index (χ0n) is 18.9. The fraction of sp³-hybridized carbons (Fsp3) is 0.846. The zero-order chi connectivity index (χ0) is 20.8. The van der Waals surface area contributed by atoms with Crippen molar-refractivity contribution in [3.63, 3.8) is 0 Å². The molecule has 4 nitrogen and oxygen atoms in total. The lowest BCUT2D eigenvalue weighted by atomic mass is 9.49. The van der Waals surface area contributed by atoms with E-state index < -0.39 is 0 Å². The standard InChI is InChI=1S/C26H38N2O2/c1-14-15(2)28-24(27-14)12-23(29)21-7-6-20-18-4-5-19-17(9-11-26(30)13-22(19)26)16(18)8-10-25(20,21)3/h16-22,30H,4-13H2,1-3H3,(H,27,28)/t16-,17-,18-,19+,20+,21-,22?,25+,26+/m1/s1. The molecule has 0 spiro atoms. The van der Waals surface area contributed by atoms with Crippen molar-refractivity contribution in [2.45, 2.75) is 90.6 Å². The summed E-state index contributed by atoms with van der Waals surface area (Å²) in [6.07, 6.45) is 11.4. The summed E-state index contributed by atoms with van der Waals surface area (Å²) in [4.78, 5) is 21.3. The largest absolute Gasteiger partial charge is 0.390 e. The topological polar surface area (TPSA) is 66.0 Å². The Morgan fingerprint density at radius 3 is 2.40 bits per heavy atom. The molecule has 1 aromatic rings. The number of carbonyl (C=O) groups excluding carboxylic acids is 1. The average molecular weight is 411 g/mol. The molecule has 0 amide bonds. The number of Topliss-reactive ketones (excluding diaryl/α,β-unsaturated/α-hetero) is 1. The first-order valence-electron chi connectivity index (χ1n) is 12.6. The lowest BCUT2D eigenvalue weighted by Crippen LogP contribution is -2.50. The molecule has 30 heavy (non-hydrogen) atoms. The summed E-state index contributed by atoms with van der Waals surface area (Å²) >= 11 is 0. The summed E-state index contributed by atoms with van der Waals surface area (Å²) in [5, 5.41) is 10.7. The van der Waals surface area contributed by atoms with E-state index in [9.17, 15) is 9.90 Å². The van der Waals surface area contributed by atoms with Gasteiger partial charge in [-0.25, -0.2) is 4.98 Å². The second kappa shape index (κ2) is 6.43. The van der Waals surface area contributed by atoms with Crippen molar-refractivity contribution in [2.24, 2.45) is 46.8 Å². The number of rotatable bonds is 3. The SMILES string of the molecule is Cc1nc(CC(=O)[C@H]2CC[C@H]3[C@@H]4CC[C@@H]5C6C[C@@]6(O)CC[C@@H]5[C@H]4CC[C@]23C)[nH]c1C. The Kier molecular flexibility index (Phi) is 4.18. The number of hydrogen-bond donors (Lipinski definition) is 2. The Balaban J connectivity index is 1.19. The molecule has 5 aliphatic rings. The summed E-state index contributed by atoms with van der Waals surface area (Å²) in [7, 11) is 0. The number of aromatic nitrogens is 2. The van der Waals surface area contributed by atoms with Crippen LogP contribution < -0.4 is 0 Å². The summed E-state index contributed by atoms with van der Waals surface area (Å²) in [6, 6.07) is 0. The van der Waals surface area contributed by atoms with Gasteiger partial charge >= 0.3 is 0 Å². The predicted octanol–water partition coefficient (Wildman–Crippen LogP) is 4.77. The Bertz CT molecular complexity index is 857. The highest BCUT2D eigenvalue weighted by molar-refractivity contribution is 5.83. The van der Waals surface area contributed by atoms with Gasteiger partial charge in [0, 0.05) is 11.6 Å². The number of carbonyl (C=O) groups is 1. The number of fused-ring (bicyclic) bond motifs is 7. The number of hydrogen-bond acceptors (Lipinski definition) is 3. The maximum atomic E-state index is 13.4. The summed E-state index contributed by atoms with van der Waals surface area (Å²) in [5.41, 5.74) is 2.02. The van der Waals surface area contributed by atoms with Crippen LogP contribution in [0.4, 0.5) is 0 Å². The van der Waals surface area contributed by atoms with E-state index in [0.717, 1.165) is 66.1 Å².